The molecule has 1 aliphatic rings. The maximum absolute atomic E-state index is 5.91. The molecule has 0 unspecified atom stereocenters. The van der Waals surface area contributed by atoms with Gasteiger partial charge in [0.2, 0.25) is 0 Å². The second-order valence-corrected chi connectivity index (χ2v) is 6.03. The van der Waals surface area contributed by atoms with Crippen molar-refractivity contribution in [2.75, 3.05) is 12.4 Å². The fourth-order valence-corrected chi connectivity index (χ4v) is 2.86. The van der Waals surface area contributed by atoms with Gasteiger partial charge in [-0.3, -0.25) is 4.99 Å². The fourth-order valence-electron chi connectivity index (χ4n) is 2.26. The van der Waals surface area contributed by atoms with Gasteiger partial charge in [-0.25, -0.2) is 0 Å². The van der Waals surface area contributed by atoms with Crippen LogP contribution in [-0.4, -0.2) is 23.6 Å². The average molecular weight is 278 g/mol. The van der Waals surface area contributed by atoms with Crippen LogP contribution < -0.4 is 10.5 Å². The lowest BCUT2D eigenvalue weighted by atomic mass is 10.2. The largest absolute Gasteiger partial charge is 0.493 e. The summed E-state index contributed by atoms with van der Waals surface area (Å²) in [7, 11) is 0. The van der Waals surface area contributed by atoms with Crippen molar-refractivity contribution in [1.82, 2.24) is 0 Å². The predicted molar refractivity (Wildman–Crippen MR) is 83.0 cm³/mol. The number of nitrogens with two attached hydrogens (primary N) is 1. The molecule has 1 fully saturated rings. The highest BCUT2D eigenvalue weighted by molar-refractivity contribution is 8.13. The number of hydrogen-bond donors (Lipinski definition) is 1. The quantitative estimate of drug-likeness (QED) is 0.510. The van der Waals surface area contributed by atoms with E-state index in [1.54, 1.807) is 11.8 Å². The van der Waals surface area contributed by atoms with E-state index in [4.69, 9.17) is 10.5 Å². The van der Waals surface area contributed by atoms with Crippen molar-refractivity contribution >= 4 is 16.9 Å². The Kier molecular flexibility index (Phi) is 5.58. The minimum absolute atomic E-state index is 0.463. The third-order valence-corrected chi connectivity index (χ3v) is 4.00. The summed E-state index contributed by atoms with van der Waals surface area (Å²) in [6.45, 7) is 2.73. The zero-order valence-electron chi connectivity index (χ0n) is 11.5. The number of nitrogens with zero attached hydrogens (tertiary/aromatic N) is 1. The molecule has 0 radical (unpaired) electrons. The van der Waals surface area contributed by atoms with Crippen molar-refractivity contribution in [2.24, 2.45) is 10.7 Å². The first kappa shape index (κ1) is 14.3. The Morgan fingerprint density at radius 1 is 1.42 bits per heavy atom. The molecule has 4 heteroatoms. The highest BCUT2D eigenvalue weighted by Crippen LogP contribution is 2.21. The normalized spacial score (nSPS) is 16.8. The van der Waals surface area contributed by atoms with Crippen molar-refractivity contribution in [1.29, 1.82) is 0 Å². The topological polar surface area (TPSA) is 47.6 Å². The van der Waals surface area contributed by atoms with Crippen molar-refractivity contribution in [3.8, 4) is 5.75 Å². The van der Waals surface area contributed by atoms with Crippen LogP contribution in [0.25, 0.3) is 0 Å². The maximum Gasteiger partial charge on any atom is 0.154 e. The molecule has 2 rings (SSSR count). The van der Waals surface area contributed by atoms with E-state index >= 15 is 0 Å². The van der Waals surface area contributed by atoms with Gasteiger partial charge in [0.15, 0.2) is 5.17 Å². The Bertz CT molecular complexity index is 428. The van der Waals surface area contributed by atoms with Gasteiger partial charge in [0.25, 0.3) is 0 Å². The van der Waals surface area contributed by atoms with Crippen LogP contribution in [0.3, 0.4) is 0 Å². The molecule has 104 valence electrons. The van der Waals surface area contributed by atoms with Crippen LogP contribution >= 0.6 is 11.8 Å². The molecule has 3 nitrogen and oxygen atoms in total. The number of benzene rings is 1. The summed E-state index contributed by atoms with van der Waals surface area (Å²) < 4.78 is 5.68. The van der Waals surface area contributed by atoms with Gasteiger partial charge in [0, 0.05) is 5.75 Å². The smallest absolute Gasteiger partial charge is 0.154 e. The third kappa shape index (κ3) is 5.15. The summed E-state index contributed by atoms with van der Waals surface area (Å²) in [5.74, 6) is 1.77. The van der Waals surface area contributed by atoms with Gasteiger partial charge in [0.1, 0.15) is 5.75 Å². The second kappa shape index (κ2) is 7.43. The molecule has 2 N–H and O–H groups in total. The van der Waals surface area contributed by atoms with E-state index in [0.29, 0.717) is 17.8 Å². The summed E-state index contributed by atoms with van der Waals surface area (Å²) in [5.41, 5.74) is 7.13. The molecule has 0 atom stereocenters. The molecular weight excluding hydrogens is 256 g/mol. The van der Waals surface area contributed by atoms with Crippen LogP contribution in [0.15, 0.2) is 29.3 Å². The summed E-state index contributed by atoms with van der Waals surface area (Å²) in [5, 5.41) is 0.708. The molecule has 0 amide bonds. The van der Waals surface area contributed by atoms with Gasteiger partial charge in [0.05, 0.1) is 12.6 Å². The van der Waals surface area contributed by atoms with Gasteiger partial charge >= 0.3 is 0 Å². The minimum atomic E-state index is 0.463. The Morgan fingerprint density at radius 3 is 2.95 bits per heavy atom. The minimum Gasteiger partial charge on any atom is -0.493 e. The van der Waals surface area contributed by atoms with Crippen molar-refractivity contribution < 1.29 is 4.74 Å². The van der Waals surface area contributed by atoms with Crippen molar-refractivity contribution in [3.63, 3.8) is 0 Å². The monoisotopic (exact) mass is 278 g/mol. The molecule has 0 bridgehead atoms. The lowest BCUT2D eigenvalue weighted by Crippen LogP contribution is -2.13. The van der Waals surface area contributed by atoms with Crippen LogP contribution in [0.2, 0.25) is 0 Å². The molecular formula is C15H22N2OS. The number of rotatable bonds is 5. The highest BCUT2D eigenvalue weighted by atomic mass is 32.2. The average Bonchev–Trinajstić information content (AvgIpc) is 2.87. The summed E-state index contributed by atoms with van der Waals surface area (Å²) in [6, 6.07) is 8.56. The number of aliphatic imine (C=N–C) groups is 1. The molecule has 19 heavy (non-hydrogen) atoms. The van der Waals surface area contributed by atoms with Crippen LogP contribution in [0.1, 0.15) is 31.2 Å². The van der Waals surface area contributed by atoms with Crippen molar-refractivity contribution in [3.05, 3.63) is 29.8 Å². The van der Waals surface area contributed by atoms with E-state index in [9.17, 15) is 0 Å². The SMILES string of the molecule is Cc1cccc(OCCSC(N)=NC2CCCC2)c1. The molecule has 1 saturated carbocycles. The Balaban J connectivity index is 1.66. The van der Waals surface area contributed by atoms with Gasteiger partial charge in [-0.1, -0.05) is 36.7 Å². The Labute approximate surface area is 119 Å². The van der Waals surface area contributed by atoms with Gasteiger partial charge in [-0.15, -0.1) is 0 Å². The number of ether oxygens (including phenoxy) is 1. The van der Waals surface area contributed by atoms with E-state index in [2.05, 4.69) is 18.0 Å². The number of hydrogen-bond acceptors (Lipinski definition) is 3. The fraction of sp³-hybridized carbons (Fsp3) is 0.533. The first-order valence-electron chi connectivity index (χ1n) is 6.89. The lowest BCUT2D eigenvalue weighted by Gasteiger charge is -2.07. The molecule has 0 saturated heterocycles. The van der Waals surface area contributed by atoms with Crippen LogP contribution in [0.5, 0.6) is 5.75 Å². The van der Waals surface area contributed by atoms with E-state index in [0.717, 1.165) is 11.5 Å². The number of aryl methyl sites for hydroxylation is 1. The predicted octanol–water partition coefficient (Wildman–Crippen LogP) is 3.36. The van der Waals surface area contributed by atoms with Gasteiger partial charge in [-0.2, -0.15) is 0 Å². The van der Waals surface area contributed by atoms with Crippen molar-refractivity contribution in [2.45, 2.75) is 38.6 Å². The van der Waals surface area contributed by atoms with Crippen LogP contribution in [0.4, 0.5) is 0 Å². The molecule has 0 aromatic heterocycles. The van der Waals surface area contributed by atoms with Crippen LogP contribution in [-0.2, 0) is 0 Å². The van der Waals surface area contributed by atoms with E-state index in [-0.39, 0.29) is 0 Å². The lowest BCUT2D eigenvalue weighted by molar-refractivity contribution is 0.344. The molecule has 1 aromatic carbocycles. The Hall–Kier alpha value is -1.16. The number of amidine groups is 1. The van der Waals surface area contributed by atoms with Gasteiger partial charge < -0.3 is 10.5 Å². The first-order chi connectivity index (χ1) is 9.24. The van der Waals surface area contributed by atoms with E-state index in [1.807, 2.05) is 18.2 Å². The number of thioether (sulfide) groups is 1. The molecule has 1 aromatic rings. The zero-order valence-corrected chi connectivity index (χ0v) is 12.3. The summed E-state index contributed by atoms with van der Waals surface area (Å²) >= 11 is 1.59. The van der Waals surface area contributed by atoms with E-state index < -0.39 is 0 Å². The molecule has 0 spiro atoms. The van der Waals surface area contributed by atoms with Crippen LogP contribution in [0, 0.1) is 6.92 Å². The molecule has 0 aliphatic heterocycles. The third-order valence-electron chi connectivity index (χ3n) is 3.23. The molecule has 1 aliphatic carbocycles. The highest BCUT2D eigenvalue weighted by Gasteiger charge is 2.13. The second-order valence-electron chi connectivity index (χ2n) is 4.92. The summed E-state index contributed by atoms with van der Waals surface area (Å²) in [4.78, 5) is 4.54. The maximum atomic E-state index is 5.91. The first-order valence-corrected chi connectivity index (χ1v) is 7.88. The van der Waals surface area contributed by atoms with E-state index in [1.165, 1.54) is 31.2 Å². The summed E-state index contributed by atoms with van der Waals surface area (Å²) in [6.07, 6.45) is 4.98. The van der Waals surface area contributed by atoms with Gasteiger partial charge in [-0.05, 0) is 37.5 Å². The Morgan fingerprint density at radius 2 is 2.21 bits per heavy atom. The standard InChI is InChI=1S/C15H22N2OS/c1-12-5-4-8-14(11-12)18-9-10-19-15(16)17-13-6-2-3-7-13/h4-5,8,11,13H,2-3,6-7,9-10H2,1H3,(H2,16,17). The molecule has 0 heterocycles. The zero-order chi connectivity index (χ0) is 13.5.